The van der Waals surface area contributed by atoms with Gasteiger partial charge in [-0.05, 0) is 24.3 Å². The zero-order valence-corrected chi connectivity index (χ0v) is 11.3. The van der Waals surface area contributed by atoms with Gasteiger partial charge in [0.1, 0.15) is 6.07 Å². The van der Waals surface area contributed by atoms with Crippen LogP contribution >= 0.6 is 0 Å². The highest BCUT2D eigenvalue weighted by Gasteiger charge is 2.27. The molecule has 2 aromatic rings. The number of nitrogens with zero attached hydrogens (tertiary/aromatic N) is 3. The molecule has 20 heavy (non-hydrogen) atoms. The number of aromatic nitrogens is 1. The van der Waals surface area contributed by atoms with Crippen LogP contribution in [0.15, 0.2) is 47.6 Å². The first-order chi connectivity index (χ1) is 9.48. The number of anilines is 1. The Morgan fingerprint density at radius 2 is 1.95 bits per heavy atom. The summed E-state index contributed by atoms with van der Waals surface area (Å²) in [5.74, 6) is -0.936. The maximum absolute atomic E-state index is 13.6. The fourth-order valence-electron chi connectivity index (χ4n) is 1.66. The maximum atomic E-state index is 13.6. The highest BCUT2D eigenvalue weighted by Crippen LogP contribution is 2.25. The lowest BCUT2D eigenvalue weighted by Gasteiger charge is -2.19. The van der Waals surface area contributed by atoms with Crippen LogP contribution in [-0.4, -0.2) is 20.4 Å². The van der Waals surface area contributed by atoms with Crippen LogP contribution in [0.3, 0.4) is 0 Å². The Morgan fingerprint density at radius 3 is 2.60 bits per heavy atom. The number of hydrogen-bond donors (Lipinski definition) is 0. The van der Waals surface area contributed by atoms with Gasteiger partial charge in [-0.1, -0.05) is 12.1 Å². The molecular weight excluding hydrogens is 281 g/mol. The number of rotatable bonds is 3. The van der Waals surface area contributed by atoms with Crippen LogP contribution in [-0.2, 0) is 10.0 Å². The lowest BCUT2D eigenvalue weighted by atomic mass is 10.2. The molecule has 2 rings (SSSR count). The largest absolute Gasteiger partial charge is 0.284 e. The molecule has 0 fully saturated rings. The fourth-order valence-corrected chi connectivity index (χ4v) is 2.85. The molecule has 0 N–H and O–H groups in total. The van der Waals surface area contributed by atoms with Gasteiger partial charge in [-0.15, -0.1) is 0 Å². The van der Waals surface area contributed by atoms with Crippen molar-refractivity contribution in [1.82, 2.24) is 4.98 Å². The Balaban J connectivity index is 2.56. The van der Waals surface area contributed by atoms with Gasteiger partial charge in [-0.3, -0.25) is 4.31 Å². The van der Waals surface area contributed by atoms with E-state index in [2.05, 4.69) is 4.98 Å². The number of halogens is 1. The minimum absolute atomic E-state index is 0.167. The van der Waals surface area contributed by atoms with Gasteiger partial charge in [-0.2, -0.15) is 13.7 Å². The molecule has 102 valence electrons. The molecule has 7 heteroatoms. The zero-order chi connectivity index (χ0) is 14.8. The van der Waals surface area contributed by atoms with Crippen molar-refractivity contribution in [3.05, 3.63) is 54.0 Å². The highest BCUT2D eigenvalue weighted by atomic mass is 32.2. The summed E-state index contributed by atoms with van der Waals surface area (Å²) in [6, 6.07) is 10.4. The van der Waals surface area contributed by atoms with Crippen molar-refractivity contribution in [2.45, 2.75) is 5.03 Å². The van der Waals surface area contributed by atoms with Crippen molar-refractivity contribution in [3.63, 3.8) is 0 Å². The van der Waals surface area contributed by atoms with Crippen LogP contribution in [0.1, 0.15) is 5.56 Å². The number of hydrogen-bond acceptors (Lipinski definition) is 4. The van der Waals surface area contributed by atoms with Gasteiger partial charge in [0.2, 0.25) is 5.03 Å². The van der Waals surface area contributed by atoms with Crippen molar-refractivity contribution in [2.24, 2.45) is 0 Å². The molecule has 0 saturated carbocycles. The first kappa shape index (κ1) is 14.0. The number of para-hydroxylation sites is 1. The highest BCUT2D eigenvalue weighted by molar-refractivity contribution is 7.92. The van der Waals surface area contributed by atoms with E-state index < -0.39 is 20.9 Å². The van der Waals surface area contributed by atoms with Crippen LogP contribution in [0.5, 0.6) is 0 Å². The Kier molecular flexibility index (Phi) is 3.68. The Labute approximate surface area is 116 Å². The third-order valence-corrected chi connectivity index (χ3v) is 4.40. The Hall–Kier alpha value is -2.46. The molecule has 0 saturated heterocycles. The maximum Gasteiger partial charge on any atom is 0.284 e. The van der Waals surface area contributed by atoms with E-state index in [1.807, 2.05) is 6.07 Å². The molecule has 1 heterocycles. The van der Waals surface area contributed by atoms with Crippen LogP contribution in [0.4, 0.5) is 10.1 Å². The van der Waals surface area contributed by atoms with Crippen molar-refractivity contribution < 1.29 is 12.8 Å². The minimum Gasteiger partial charge on any atom is -0.267 e. The molecule has 0 aliphatic rings. The van der Waals surface area contributed by atoms with Gasteiger partial charge in [-0.25, -0.2) is 9.37 Å². The quantitative estimate of drug-likeness (QED) is 0.866. The monoisotopic (exact) mass is 291 g/mol. The van der Waals surface area contributed by atoms with Crippen molar-refractivity contribution in [3.8, 4) is 6.07 Å². The van der Waals surface area contributed by atoms with Gasteiger partial charge in [0, 0.05) is 13.2 Å². The summed E-state index contributed by atoms with van der Waals surface area (Å²) in [6.07, 6.45) is 1.19. The second-order valence-corrected chi connectivity index (χ2v) is 5.78. The molecule has 0 amide bonds. The van der Waals surface area contributed by atoms with Crippen molar-refractivity contribution in [1.29, 1.82) is 5.26 Å². The van der Waals surface area contributed by atoms with E-state index in [9.17, 15) is 12.8 Å². The average molecular weight is 291 g/mol. The summed E-state index contributed by atoms with van der Waals surface area (Å²) in [5, 5.41) is 8.33. The fraction of sp³-hybridized carbons (Fsp3) is 0.0769. The van der Waals surface area contributed by atoms with Crippen LogP contribution < -0.4 is 4.31 Å². The van der Waals surface area contributed by atoms with Gasteiger partial charge < -0.3 is 0 Å². The second-order valence-electron chi connectivity index (χ2n) is 3.89. The van der Waals surface area contributed by atoms with Crippen molar-refractivity contribution in [2.75, 3.05) is 11.4 Å². The van der Waals surface area contributed by atoms with Gasteiger partial charge >= 0.3 is 0 Å². The summed E-state index contributed by atoms with van der Waals surface area (Å²) in [5.41, 5.74) is 0.343. The molecule has 0 unspecified atom stereocenters. The van der Waals surface area contributed by atoms with E-state index in [0.29, 0.717) is 0 Å². The zero-order valence-electron chi connectivity index (χ0n) is 10.5. The molecule has 1 aromatic carbocycles. The lowest BCUT2D eigenvalue weighted by Crippen LogP contribution is -2.28. The molecule has 0 radical (unpaired) electrons. The second kappa shape index (κ2) is 5.27. The summed E-state index contributed by atoms with van der Waals surface area (Å²) in [4.78, 5) is 3.56. The predicted molar refractivity (Wildman–Crippen MR) is 70.9 cm³/mol. The predicted octanol–water partition coefficient (Wildman–Crippen LogP) is 1.92. The molecular formula is C13H10FN3O2S. The smallest absolute Gasteiger partial charge is 0.267 e. The van der Waals surface area contributed by atoms with Crippen LogP contribution in [0.2, 0.25) is 0 Å². The topological polar surface area (TPSA) is 74.1 Å². The van der Waals surface area contributed by atoms with E-state index in [1.165, 1.54) is 31.4 Å². The molecule has 0 spiro atoms. The normalized spacial score (nSPS) is 10.8. The molecule has 1 aromatic heterocycles. The lowest BCUT2D eigenvalue weighted by molar-refractivity contribution is 0.552. The Bertz CT molecular complexity index is 784. The standard InChI is InChI=1S/C13H10FN3O2S/c1-17(12-7-3-2-5-10(12)9-15)20(18,19)13-11(14)6-4-8-16-13/h2-8H,1H3. The van der Waals surface area contributed by atoms with E-state index in [-0.39, 0.29) is 11.3 Å². The molecule has 5 nitrogen and oxygen atoms in total. The molecule has 0 atom stereocenters. The number of nitriles is 1. The van der Waals surface area contributed by atoms with E-state index in [0.717, 1.165) is 10.4 Å². The van der Waals surface area contributed by atoms with E-state index in [1.54, 1.807) is 12.1 Å². The molecule has 0 aliphatic carbocycles. The Morgan fingerprint density at radius 1 is 1.25 bits per heavy atom. The summed E-state index contributed by atoms with van der Waals surface area (Å²) in [6.45, 7) is 0. The SMILES string of the molecule is CN(c1ccccc1C#N)S(=O)(=O)c1ncccc1F. The van der Waals surface area contributed by atoms with Gasteiger partial charge in [0.25, 0.3) is 10.0 Å². The third kappa shape index (κ3) is 2.33. The van der Waals surface area contributed by atoms with E-state index in [4.69, 9.17) is 5.26 Å². The van der Waals surface area contributed by atoms with Gasteiger partial charge in [0.05, 0.1) is 11.3 Å². The van der Waals surface area contributed by atoms with Crippen LogP contribution in [0.25, 0.3) is 0 Å². The molecule has 0 bridgehead atoms. The average Bonchev–Trinajstić information content (AvgIpc) is 2.46. The minimum atomic E-state index is -4.16. The number of benzene rings is 1. The summed E-state index contributed by atoms with van der Waals surface area (Å²) < 4.78 is 39.1. The summed E-state index contributed by atoms with van der Waals surface area (Å²) in [7, 11) is -2.91. The van der Waals surface area contributed by atoms with E-state index >= 15 is 0 Å². The van der Waals surface area contributed by atoms with Gasteiger partial charge in [0.15, 0.2) is 5.82 Å². The van der Waals surface area contributed by atoms with Crippen LogP contribution in [0, 0.1) is 17.1 Å². The number of pyridine rings is 1. The first-order valence-electron chi connectivity index (χ1n) is 5.57. The van der Waals surface area contributed by atoms with Crippen molar-refractivity contribution >= 4 is 15.7 Å². The third-order valence-electron chi connectivity index (χ3n) is 2.69. The number of sulfonamides is 1. The first-order valence-corrected chi connectivity index (χ1v) is 7.01. The summed E-state index contributed by atoms with van der Waals surface area (Å²) >= 11 is 0. The molecule has 0 aliphatic heterocycles.